The van der Waals surface area contributed by atoms with Gasteiger partial charge < -0.3 is 10.1 Å². The first-order valence-corrected chi connectivity index (χ1v) is 4.90. The molecule has 0 aromatic heterocycles. The van der Waals surface area contributed by atoms with E-state index in [1.807, 2.05) is 7.05 Å². The van der Waals surface area contributed by atoms with Crippen molar-refractivity contribution in [1.82, 2.24) is 5.32 Å². The second-order valence-electron chi connectivity index (χ2n) is 4.53. The van der Waals surface area contributed by atoms with E-state index < -0.39 is 0 Å². The van der Waals surface area contributed by atoms with Crippen LogP contribution in [0.1, 0.15) is 33.1 Å². The fourth-order valence-electron chi connectivity index (χ4n) is 1.97. The molecule has 1 fully saturated rings. The molecule has 72 valence electrons. The van der Waals surface area contributed by atoms with Crippen molar-refractivity contribution in [2.75, 3.05) is 20.2 Å². The molecule has 1 heterocycles. The summed E-state index contributed by atoms with van der Waals surface area (Å²) < 4.78 is 5.61. The maximum Gasteiger partial charge on any atom is 0.0581 e. The van der Waals surface area contributed by atoms with Crippen molar-refractivity contribution >= 4 is 0 Å². The lowest BCUT2D eigenvalue weighted by atomic mass is 9.86. The van der Waals surface area contributed by atoms with Crippen LogP contribution in [0.5, 0.6) is 0 Å². The zero-order valence-electron chi connectivity index (χ0n) is 8.52. The van der Waals surface area contributed by atoms with Gasteiger partial charge in [-0.1, -0.05) is 13.8 Å². The molecular weight excluding hydrogens is 150 g/mol. The standard InChI is InChI=1S/C10H21NO/c1-10(2,8-11-3)7-9-5-4-6-12-9/h9,11H,4-8H2,1-3H3/t9-/m1/s1. The second kappa shape index (κ2) is 4.24. The number of nitrogens with one attached hydrogen (secondary N) is 1. The Hall–Kier alpha value is -0.0800. The highest BCUT2D eigenvalue weighted by Crippen LogP contribution is 2.27. The van der Waals surface area contributed by atoms with Gasteiger partial charge in [-0.3, -0.25) is 0 Å². The van der Waals surface area contributed by atoms with Crippen LogP contribution in [-0.2, 0) is 4.74 Å². The number of hydrogen-bond donors (Lipinski definition) is 1. The van der Waals surface area contributed by atoms with Gasteiger partial charge in [-0.2, -0.15) is 0 Å². The third-order valence-electron chi connectivity index (χ3n) is 2.46. The Morgan fingerprint density at radius 2 is 2.25 bits per heavy atom. The van der Waals surface area contributed by atoms with Crippen LogP contribution in [0.25, 0.3) is 0 Å². The Morgan fingerprint density at radius 1 is 1.50 bits per heavy atom. The molecule has 0 saturated carbocycles. The first-order valence-electron chi connectivity index (χ1n) is 4.90. The van der Waals surface area contributed by atoms with E-state index in [4.69, 9.17) is 4.74 Å². The average molecular weight is 171 g/mol. The largest absolute Gasteiger partial charge is 0.378 e. The molecule has 0 aromatic carbocycles. The van der Waals surface area contributed by atoms with Gasteiger partial charge in [0.1, 0.15) is 0 Å². The van der Waals surface area contributed by atoms with Gasteiger partial charge in [0.2, 0.25) is 0 Å². The lowest BCUT2D eigenvalue weighted by molar-refractivity contribution is 0.0718. The third kappa shape index (κ3) is 3.11. The van der Waals surface area contributed by atoms with Crippen LogP contribution in [0.2, 0.25) is 0 Å². The molecule has 1 saturated heterocycles. The van der Waals surface area contributed by atoms with Crippen molar-refractivity contribution < 1.29 is 4.74 Å². The molecule has 1 atom stereocenters. The Labute approximate surface area is 75.7 Å². The Bertz CT molecular complexity index is 128. The molecule has 0 bridgehead atoms. The van der Waals surface area contributed by atoms with E-state index in [0.717, 1.165) is 13.2 Å². The summed E-state index contributed by atoms with van der Waals surface area (Å²) in [5.74, 6) is 0. The summed E-state index contributed by atoms with van der Waals surface area (Å²) in [6.45, 7) is 6.64. The summed E-state index contributed by atoms with van der Waals surface area (Å²) >= 11 is 0. The smallest absolute Gasteiger partial charge is 0.0581 e. The van der Waals surface area contributed by atoms with E-state index in [1.54, 1.807) is 0 Å². The quantitative estimate of drug-likeness (QED) is 0.696. The van der Waals surface area contributed by atoms with Crippen molar-refractivity contribution in [1.29, 1.82) is 0 Å². The highest BCUT2D eigenvalue weighted by atomic mass is 16.5. The maximum atomic E-state index is 5.61. The van der Waals surface area contributed by atoms with E-state index in [2.05, 4.69) is 19.2 Å². The molecule has 1 aliphatic rings. The molecule has 0 aliphatic carbocycles. The van der Waals surface area contributed by atoms with Crippen LogP contribution < -0.4 is 5.32 Å². The summed E-state index contributed by atoms with van der Waals surface area (Å²) in [5, 5.41) is 3.23. The second-order valence-corrected chi connectivity index (χ2v) is 4.53. The van der Waals surface area contributed by atoms with Crippen molar-refractivity contribution in [3.05, 3.63) is 0 Å². The predicted molar refractivity (Wildman–Crippen MR) is 51.3 cm³/mol. The van der Waals surface area contributed by atoms with Gasteiger partial charge in [0.25, 0.3) is 0 Å². The van der Waals surface area contributed by atoms with Crippen molar-refractivity contribution in [3.63, 3.8) is 0 Å². The van der Waals surface area contributed by atoms with E-state index in [9.17, 15) is 0 Å². The minimum Gasteiger partial charge on any atom is -0.378 e. The SMILES string of the molecule is CNCC(C)(C)C[C@H]1CCCO1. The summed E-state index contributed by atoms with van der Waals surface area (Å²) in [5.41, 5.74) is 0.379. The average Bonchev–Trinajstić information content (AvgIpc) is 2.38. The summed E-state index contributed by atoms with van der Waals surface area (Å²) in [6.07, 6.45) is 4.22. The molecule has 0 amide bonds. The predicted octanol–water partition coefficient (Wildman–Crippen LogP) is 1.80. The molecule has 0 spiro atoms. The first-order chi connectivity index (χ1) is 5.64. The topological polar surface area (TPSA) is 21.3 Å². The van der Waals surface area contributed by atoms with Crippen molar-refractivity contribution in [3.8, 4) is 0 Å². The highest BCUT2D eigenvalue weighted by molar-refractivity contribution is 4.77. The van der Waals surface area contributed by atoms with Gasteiger partial charge in [0.05, 0.1) is 6.10 Å². The van der Waals surface area contributed by atoms with Gasteiger partial charge in [0.15, 0.2) is 0 Å². The van der Waals surface area contributed by atoms with Crippen LogP contribution in [0.3, 0.4) is 0 Å². The zero-order chi connectivity index (χ0) is 9.03. The molecule has 2 heteroatoms. The lowest BCUT2D eigenvalue weighted by Gasteiger charge is -2.27. The number of ether oxygens (including phenoxy) is 1. The molecule has 2 nitrogen and oxygen atoms in total. The molecule has 0 radical (unpaired) electrons. The summed E-state index contributed by atoms with van der Waals surface area (Å²) in [4.78, 5) is 0. The lowest BCUT2D eigenvalue weighted by Crippen LogP contribution is -2.30. The van der Waals surface area contributed by atoms with Crippen LogP contribution in [0, 0.1) is 5.41 Å². The van der Waals surface area contributed by atoms with E-state index >= 15 is 0 Å². The van der Waals surface area contributed by atoms with Crippen LogP contribution in [0.15, 0.2) is 0 Å². The first kappa shape index (κ1) is 10.0. The van der Waals surface area contributed by atoms with E-state index in [-0.39, 0.29) is 0 Å². The fraction of sp³-hybridized carbons (Fsp3) is 1.00. The van der Waals surface area contributed by atoms with Gasteiger partial charge in [-0.05, 0) is 31.7 Å². The molecule has 1 N–H and O–H groups in total. The van der Waals surface area contributed by atoms with Gasteiger partial charge in [-0.25, -0.2) is 0 Å². The molecule has 1 aliphatic heterocycles. The Balaban J connectivity index is 2.27. The Kier molecular flexibility index (Phi) is 3.53. The minimum atomic E-state index is 0.379. The van der Waals surface area contributed by atoms with Gasteiger partial charge in [0, 0.05) is 13.2 Å². The normalized spacial score (nSPS) is 24.8. The van der Waals surface area contributed by atoms with Crippen LogP contribution in [0.4, 0.5) is 0 Å². The molecule has 12 heavy (non-hydrogen) atoms. The molecule has 0 aromatic rings. The molecule has 0 unspecified atom stereocenters. The van der Waals surface area contributed by atoms with Crippen LogP contribution in [-0.4, -0.2) is 26.3 Å². The Morgan fingerprint density at radius 3 is 2.75 bits per heavy atom. The zero-order valence-corrected chi connectivity index (χ0v) is 8.52. The van der Waals surface area contributed by atoms with Gasteiger partial charge >= 0.3 is 0 Å². The van der Waals surface area contributed by atoms with E-state index in [1.165, 1.54) is 19.3 Å². The third-order valence-corrected chi connectivity index (χ3v) is 2.46. The maximum absolute atomic E-state index is 5.61. The molecule has 1 rings (SSSR count). The number of rotatable bonds is 4. The van der Waals surface area contributed by atoms with Crippen molar-refractivity contribution in [2.45, 2.75) is 39.2 Å². The fourth-order valence-corrected chi connectivity index (χ4v) is 1.97. The van der Waals surface area contributed by atoms with E-state index in [0.29, 0.717) is 11.5 Å². The summed E-state index contributed by atoms with van der Waals surface area (Å²) in [7, 11) is 2.01. The minimum absolute atomic E-state index is 0.379. The van der Waals surface area contributed by atoms with Gasteiger partial charge in [-0.15, -0.1) is 0 Å². The number of hydrogen-bond acceptors (Lipinski definition) is 2. The summed E-state index contributed by atoms with van der Waals surface area (Å²) in [6, 6.07) is 0. The molecular formula is C10H21NO. The monoisotopic (exact) mass is 171 g/mol. The van der Waals surface area contributed by atoms with Crippen molar-refractivity contribution in [2.24, 2.45) is 5.41 Å². The van der Waals surface area contributed by atoms with Crippen LogP contribution >= 0.6 is 0 Å². The highest BCUT2D eigenvalue weighted by Gasteiger charge is 2.25.